The molecule has 2 aromatic carbocycles. The molecule has 2 unspecified atom stereocenters. The molecule has 0 saturated heterocycles. The van der Waals surface area contributed by atoms with Crippen molar-refractivity contribution in [3.05, 3.63) is 53.0 Å². The van der Waals surface area contributed by atoms with Crippen LogP contribution >= 0.6 is 23.2 Å². The molecule has 2 atom stereocenters. The van der Waals surface area contributed by atoms with Crippen LogP contribution in [0.3, 0.4) is 0 Å². The molecule has 3 rings (SSSR count). The van der Waals surface area contributed by atoms with Crippen LogP contribution in [0.2, 0.25) is 0 Å². The van der Waals surface area contributed by atoms with E-state index in [0.717, 1.165) is 10.8 Å². The largest absolute Gasteiger partial charge is 0.426 e. The maximum absolute atomic E-state index is 12.4. The number of fused-ring (bicyclic) bond motifs is 1. The van der Waals surface area contributed by atoms with Gasteiger partial charge >= 0.3 is 5.97 Å². The topological polar surface area (TPSA) is 26.3 Å². The molecular formula is C18H16Cl2O2. The lowest BCUT2D eigenvalue weighted by molar-refractivity contribution is -0.136. The Hall–Kier alpha value is -1.51. The highest BCUT2D eigenvalue weighted by Gasteiger charge is 2.61. The maximum Gasteiger partial charge on any atom is 0.315 e. The second-order valence-electron chi connectivity index (χ2n) is 6.21. The first-order valence-electron chi connectivity index (χ1n) is 7.13. The van der Waals surface area contributed by atoms with E-state index in [1.54, 1.807) is 6.08 Å². The third-order valence-electron chi connectivity index (χ3n) is 4.41. The molecule has 1 fully saturated rings. The molecular weight excluding hydrogens is 319 g/mol. The van der Waals surface area contributed by atoms with Crippen LogP contribution in [0.15, 0.2) is 53.0 Å². The second-order valence-corrected chi connectivity index (χ2v) is 7.22. The van der Waals surface area contributed by atoms with E-state index in [0.29, 0.717) is 5.75 Å². The molecule has 1 saturated carbocycles. The molecule has 0 aliphatic heterocycles. The van der Waals surface area contributed by atoms with Crippen molar-refractivity contribution in [2.24, 2.45) is 17.3 Å². The van der Waals surface area contributed by atoms with Crippen LogP contribution in [0, 0.1) is 17.3 Å². The van der Waals surface area contributed by atoms with Crippen molar-refractivity contribution in [1.29, 1.82) is 0 Å². The van der Waals surface area contributed by atoms with Crippen LogP contribution in [0.4, 0.5) is 0 Å². The second kappa shape index (κ2) is 5.60. The number of hydrogen-bond donors (Lipinski definition) is 0. The van der Waals surface area contributed by atoms with Crippen molar-refractivity contribution in [3.63, 3.8) is 0 Å². The van der Waals surface area contributed by atoms with Gasteiger partial charge in [0.05, 0.1) is 5.92 Å². The first kappa shape index (κ1) is 15.4. The Balaban J connectivity index is 1.78. The quantitative estimate of drug-likeness (QED) is 0.559. The van der Waals surface area contributed by atoms with Gasteiger partial charge in [-0.2, -0.15) is 0 Å². The summed E-state index contributed by atoms with van der Waals surface area (Å²) in [5.41, 5.74) is -0.178. The van der Waals surface area contributed by atoms with Gasteiger partial charge < -0.3 is 4.74 Å². The molecule has 0 N–H and O–H groups in total. The Morgan fingerprint density at radius 1 is 1.14 bits per heavy atom. The number of carbonyl (C=O) groups is 1. The molecule has 114 valence electrons. The summed E-state index contributed by atoms with van der Waals surface area (Å²) in [6, 6.07) is 13.6. The zero-order valence-corrected chi connectivity index (χ0v) is 13.9. The highest BCUT2D eigenvalue weighted by atomic mass is 35.5. The summed E-state index contributed by atoms with van der Waals surface area (Å²) in [5, 5.41) is 2.16. The van der Waals surface area contributed by atoms with Gasteiger partial charge in [-0.3, -0.25) is 4.79 Å². The molecule has 1 aliphatic rings. The average Bonchev–Trinajstić information content (AvgIpc) is 2.99. The maximum atomic E-state index is 12.4. The number of esters is 1. The Morgan fingerprint density at radius 2 is 1.82 bits per heavy atom. The summed E-state index contributed by atoms with van der Waals surface area (Å²) in [7, 11) is 0. The van der Waals surface area contributed by atoms with Crippen molar-refractivity contribution in [3.8, 4) is 5.75 Å². The van der Waals surface area contributed by atoms with E-state index in [1.165, 1.54) is 0 Å². The van der Waals surface area contributed by atoms with E-state index in [4.69, 9.17) is 27.9 Å². The van der Waals surface area contributed by atoms with E-state index in [1.807, 2.05) is 56.3 Å². The van der Waals surface area contributed by atoms with Crippen LogP contribution in [0.25, 0.3) is 10.8 Å². The third-order valence-corrected chi connectivity index (χ3v) is 4.66. The SMILES string of the molecule is CC1(C)C(C=C(Cl)Cl)C1C(=O)Oc1ccc2ccccc2c1. The highest BCUT2D eigenvalue weighted by molar-refractivity contribution is 6.55. The van der Waals surface area contributed by atoms with Crippen LogP contribution in [0.1, 0.15) is 13.8 Å². The van der Waals surface area contributed by atoms with Crippen LogP contribution in [0.5, 0.6) is 5.75 Å². The molecule has 2 aromatic rings. The predicted octanol–water partition coefficient (Wildman–Crippen LogP) is 5.34. The van der Waals surface area contributed by atoms with Gasteiger partial charge in [0.1, 0.15) is 10.2 Å². The van der Waals surface area contributed by atoms with Gasteiger partial charge in [-0.05, 0) is 40.3 Å². The fraction of sp³-hybridized carbons (Fsp3) is 0.278. The lowest BCUT2D eigenvalue weighted by Gasteiger charge is -2.06. The number of rotatable bonds is 3. The van der Waals surface area contributed by atoms with Crippen molar-refractivity contribution in [2.75, 3.05) is 0 Å². The fourth-order valence-electron chi connectivity index (χ4n) is 2.99. The summed E-state index contributed by atoms with van der Waals surface area (Å²) in [6.07, 6.45) is 1.72. The molecule has 0 amide bonds. The number of allylic oxidation sites excluding steroid dienone is 1. The average molecular weight is 335 g/mol. The summed E-state index contributed by atoms with van der Waals surface area (Å²) < 4.78 is 5.73. The van der Waals surface area contributed by atoms with E-state index in [2.05, 4.69) is 0 Å². The van der Waals surface area contributed by atoms with Crippen LogP contribution < -0.4 is 4.74 Å². The minimum atomic E-state index is -0.240. The zero-order chi connectivity index (χ0) is 15.9. The Kier molecular flexibility index (Phi) is 3.92. The van der Waals surface area contributed by atoms with Crippen molar-refractivity contribution >= 4 is 39.9 Å². The van der Waals surface area contributed by atoms with Gasteiger partial charge in [0.25, 0.3) is 0 Å². The Bertz CT molecular complexity index is 761. The molecule has 2 nitrogen and oxygen atoms in total. The number of halogens is 2. The van der Waals surface area contributed by atoms with Gasteiger partial charge in [-0.1, -0.05) is 67.4 Å². The van der Waals surface area contributed by atoms with E-state index < -0.39 is 0 Å². The van der Waals surface area contributed by atoms with Gasteiger partial charge in [0, 0.05) is 0 Å². The molecule has 1 aliphatic carbocycles. The molecule has 22 heavy (non-hydrogen) atoms. The third kappa shape index (κ3) is 2.86. The lowest BCUT2D eigenvalue weighted by atomic mass is 10.1. The molecule has 0 spiro atoms. The predicted molar refractivity (Wildman–Crippen MR) is 90.1 cm³/mol. The van der Waals surface area contributed by atoms with Gasteiger partial charge in [-0.25, -0.2) is 0 Å². The monoisotopic (exact) mass is 334 g/mol. The van der Waals surface area contributed by atoms with Gasteiger partial charge in [0.15, 0.2) is 0 Å². The van der Waals surface area contributed by atoms with Gasteiger partial charge in [-0.15, -0.1) is 0 Å². The highest BCUT2D eigenvalue weighted by Crippen LogP contribution is 2.60. The normalized spacial score (nSPS) is 22.2. The lowest BCUT2D eigenvalue weighted by Crippen LogP contribution is -2.13. The van der Waals surface area contributed by atoms with E-state index in [9.17, 15) is 4.79 Å². The zero-order valence-electron chi connectivity index (χ0n) is 12.3. The first-order chi connectivity index (χ1) is 10.4. The van der Waals surface area contributed by atoms with Gasteiger partial charge in [0.2, 0.25) is 0 Å². The van der Waals surface area contributed by atoms with Crippen molar-refractivity contribution in [2.45, 2.75) is 13.8 Å². The Labute approximate surface area is 139 Å². The molecule has 4 heteroatoms. The standard InChI is InChI=1S/C18H16Cl2O2/c1-18(2)14(10-15(19)20)16(18)17(21)22-13-8-7-11-5-3-4-6-12(11)9-13/h3-10,14,16H,1-2H3. The fourth-order valence-corrected chi connectivity index (χ4v) is 3.26. The summed E-state index contributed by atoms with van der Waals surface area (Å²) in [6.45, 7) is 4.02. The number of benzene rings is 2. The van der Waals surface area contributed by atoms with Crippen molar-refractivity contribution < 1.29 is 9.53 Å². The summed E-state index contributed by atoms with van der Waals surface area (Å²) in [4.78, 5) is 12.4. The number of ether oxygens (including phenoxy) is 1. The van der Waals surface area contributed by atoms with Crippen LogP contribution in [-0.4, -0.2) is 5.97 Å². The Morgan fingerprint density at radius 3 is 2.50 bits per heavy atom. The van der Waals surface area contributed by atoms with E-state index >= 15 is 0 Å². The number of carbonyl (C=O) groups excluding carboxylic acids is 1. The minimum Gasteiger partial charge on any atom is -0.426 e. The summed E-state index contributed by atoms with van der Waals surface area (Å²) >= 11 is 11.4. The van der Waals surface area contributed by atoms with E-state index in [-0.39, 0.29) is 27.7 Å². The molecule has 0 bridgehead atoms. The smallest absolute Gasteiger partial charge is 0.315 e. The first-order valence-corrected chi connectivity index (χ1v) is 7.88. The minimum absolute atomic E-state index is 0.0189. The van der Waals surface area contributed by atoms with Crippen molar-refractivity contribution in [1.82, 2.24) is 0 Å². The van der Waals surface area contributed by atoms with Crippen LogP contribution in [-0.2, 0) is 4.79 Å². The molecule has 0 radical (unpaired) electrons. The number of hydrogen-bond acceptors (Lipinski definition) is 2. The summed E-state index contributed by atoms with van der Waals surface area (Å²) in [5.74, 6) is 0.124. The molecule has 0 aromatic heterocycles. The molecule has 0 heterocycles.